The van der Waals surface area contributed by atoms with Crippen molar-refractivity contribution in [2.75, 3.05) is 0 Å². The summed E-state index contributed by atoms with van der Waals surface area (Å²) in [6.07, 6.45) is 9.09. The van der Waals surface area contributed by atoms with E-state index in [4.69, 9.17) is 0 Å². The molecule has 0 aliphatic heterocycles. The zero-order valence-corrected chi connectivity index (χ0v) is 10.4. The molecular formula is C15H24O. The molecule has 1 N–H and O–H groups in total. The van der Waals surface area contributed by atoms with Crippen LogP contribution in [0.4, 0.5) is 0 Å². The van der Waals surface area contributed by atoms with E-state index in [-0.39, 0.29) is 6.61 Å². The molecule has 0 unspecified atom stereocenters. The fraction of sp³-hybridized carbons (Fsp3) is 0.600. The van der Waals surface area contributed by atoms with Crippen LogP contribution in [0.25, 0.3) is 0 Å². The Balaban J connectivity index is 2.21. The van der Waals surface area contributed by atoms with Gasteiger partial charge in [-0.15, -0.1) is 0 Å². The highest BCUT2D eigenvalue weighted by Crippen LogP contribution is 2.13. The summed E-state index contributed by atoms with van der Waals surface area (Å²) in [4.78, 5) is 0. The van der Waals surface area contributed by atoms with Gasteiger partial charge < -0.3 is 5.11 Å². The van der Waals surface area contributed by atoms with Gasteiger partial charge in [-0.3, -0.25) is 0 Å². The average Bonchev–Trinajstić information content (AvgIpc) is 2.34. The quantitative estimate of drug-likeness (QED) is 0.654. The highest BCUT2D eigenvalue weighted by Gasteiger charge is 1.99. The van der Waals surface area contributed by atoms with Gasteiger partial charge in [-0.05, 0) is 24.0 Å². The van der Waals surface area contributed by atoms with Crippen LogP contribution >= 0.6 is 0 Å². The van der Waals surface area contributed by atoms with E-state index in [0.717, 1.165) is 12.0 Å². The third kappa shape index (κ3) is 4.80. The summed E-state index contributed by atoms with van der Waals surface area (Å²) < 4.78 is 0. The SMILES string of the molecule is CCCCCCCCc1ccccc1CO. The minimum absolute atomic E-state index is 0.173. The van der Waals surface area contributed by atoms with Crippen LogP contribution in [-0.2, 0) is 13.0 Å². The molecule has 0 amide bonds. The highest BCUT2D eigenvalue weighted by atomic mass is 16.3. The van der Waals surface area contributed by atoms with Crippen LogP contribution in [0.3, 0.4) is 0 Å². The molecule has 1 heteroatoms. The van der Waals surface area contributed by atoms with Crippen molar-refractivity contribution in [2.45, 2.75) is 58.5 Å². The number of aliphatic hydroxyl groups is 1. The minimum atomic E-state index is 0.173. The van der Waals surface area contributed by atoms with Gasteiger partial charge in [0.15, 0.2) is 0 Å². The van der Waals surface area contributed by atoms with E-state index in [1.807, 2.05) is 12.1 Å². The normalized spacial score (nSPS) is 10.6. The van der Waals surface area contributed by atoms with Crippen LogP contribution in [0.15, 0.2) is 24.3 Å². The molecule has 1 rings (SSSR count). The van der Waals surface area contributed by atoms with Crippen molar-refractivity contribution in [3.8, 4) is 0 Å². The molecule has 0 saturated heterocycles. The van der Waals surface area contributed by atoms with Crippen LogP contribution in [0.2, 0.25) is 0 Å². The first kappa shape index (κ1) is 13.2. The molecule has 90 valence electrons. The van der Waals surface area contributed by atoms with Crippen molar-refractivity contribution in [2.24, 2.45) is 0 Å². The molecule has 0 bridgehead atoms. The summed E-state index contributed by atoms with van der Waals surface area (Å²) >= 11 is 0. The van der Waals surface area contributed by atoms with E-state index < -0.39 is 0 Å². The van der Waals surface area contributed by atoms with Gasteiger partial charge in [0.2, 0.25) is 0 Å². The van der Waals surface area contributed by atoms with Gasteiger partial charge in [-0.25, -0.2) is 0 Å². The van der Waals surface area contributed by atoms with Gasteiger partial charge in [0.25, 0.3) is 0 Å². The predicted molar refractivity (Wildman–Crippen MR) is 69.4 cm³/mol. The summed E-state index contributed by atoms with van der Waals surface area (Å²) in [5.41, 5.74) is 2.41. The molecule has 1 nitrogen and oxygen atoms in total. The van der Waals surface area contributed by atoms with E-state index in [1.54, 1.807) is 0 Å². The Bertz CT molecular complexity index is 281. The molecule has 1 aromatic rings. The topological polar surface area (TPSA) is 20.2 Å². The van der Waals surface area contributed by atoms with Gasteiger partial charge >= 0.3 is 0 Å². The Morgan fingerprint density at radius 1 is 0.875 bits per heavy atom. The van der Waals surface area contributed by atoms with Gasteiger partial charge in [0, 0.05) is 0 Å². The summed E-state index contributed by atoms with van der Waals surface area (Å²) in [6.45, 7) is 2.42. The first-order valence-electron chi connectivity index (χ1n) is 6.56. The first-order valence-corrected chi connectivity index (χ1v) is 6.56. The maximum Gasteiger partial charge on any atom is 0.0684 e. The van der Waals surface area contributed by atoms with Gasteiger partial charge in [0.05, 0.1) is 6.61 Å². The number of aryl methyl sites for hydroxylation is 1. The van der Waals surface area contributed by atoms with E-state index in [0.29, 0.717) is 0 Å². The Kier molecular flexibility index (Phi) is 6.91. The fourth-order valence-corrected chi connectivity index (χ4v) is 2.05. The highest BCUT2D eigenvalue weighted by molar-refractivity contribution is 5.26. The second-order valence-electron chi connectivity index (χ2n) is 4.44. The standard InChI is InChI=1S/C15H24O/c1-2-3-4-5-6-7-10-14-11-8-9-12-15(14)13-16/h8-9,11-12,16H,2-7,10,13H2,1H3. The van der Waals surface area contributed by atoms with E-state index in [9.17, 15) is 5.11 Å². The lowest BCUT2D eigenvalue weighted by Gasteiger charge is -2.06. The Morgan fingerprint density at radius 2 is 1.50 bits per heavy atom. The van der Waals surface area contributed by atoms with Crippen molar-refractivity contribution in [3.05, 3.63) is 35.4 Å². The number of benzene rings is 1. The van der Waals surface area contributed by atoms with Gasteiger partial charge in [-0.2, -0.15) is 0 Å². The predicted octanol–water partition coefficient (Wildman–Crippen LogP) is 4.08. The van der Waals surface area contributed by atoms with E-state index in [1.165, 1.54) is 44.1 Å². The Morgan fingerprint density at radius 3 is 2.19 bits per heavy atom. The van der Waals surface area contributed by atoms with Crippen molar-refractivity contribution in [3.63, 3.8) is 0 Å². The monoisotopic (exact) mass is 220 g/mol. The Labute approximate surface area is 99.5 Å². The molecule has 0 saturated carbocycles. The summed E-state index contributed by atoms with van der Waals surface area (Å²) in [7, 11) is 0. The summed E-state index contributed by atoms with van der Waals surface area (Å²) in [5.74, 6) is 0. The zero-order chi connectivity index (χ0) is 11.6. The van der Waals surface area contributed by atoms with Crippen molar-refractivity contribution < 1.29 is 5.11 Å². The molecule has 0 aliphatic rings. The lowest BCUT2D eigenvalue weighted by Crippen LogP contribution is -1.94. The molecule has 0 aliphatic carbocycles. The van der Waals surface area contributed by atoms with Crippen LogP contribution < -0.4 is 0 Å². The van der Waals surface area contributed by atoms with E-state index in [2.05, 4.69) is 19.1 Å². The molecular weight excluding hydrogens is 196 g/mol. The number of hydrogen-bond acceptors (Lipinski definition) is 1. The molecule has 16 heavy (non-hydrogen) atoms. The van der Waals surface area contributed by atoms with Crippen molar-refractivity contribution in [1.29, 1.82) is 0 Å². The zero-order valence-electron chi connectivity index (χ0n) is 10.4. The van der Waals surface area contributed by atoms with Crippen LogP contribution in [0.5, 0.6) is 0 Å². The molecule has 0 atom stereocenters. The summed E-state index contributed by atoms with van der Waals surface area (Å²) in [6, 6.07) is 8.21. The maximum atomic E-state index is 9.19. The second-order valence-corrected chi connectivity index (χ2v) is 4.44. The summed E-state index contributed by atoms with van der Waals surface area (Å²) in [5, 5.41) is 9.19. The number of rotatable bonds is 8. The largest absolute Gasteiger partial charge is 0.392 e. The average molecular weight is 220 g/mol. The third-order valence-electron chi connectivity index (χ3n) is 3.09. The third-order valence-corrected chi connectivity index (χ3v) is 3.09. The smallest absolute Gasteiger partial charge is 0.0684 e. The molecule has 0 heterocycles. The van der Waals surface area contributed by atoms with Crippen LogP contribution in [0.1, 0.15) is 56.6 Å². The van der Waals surface area contributed by atoms with Crippen molar-refractivity contribution in [1.82, 2.24) is 0 Å². The molecule has 0 fully saturated rings. The van der Waals surface area contributed by atoms with E-state index >= 15 is 0 Å². The molecule has 0 aromatic heterocycles. The maximum absolute atomic E-state index is 9.19. The van der Waals surface area contributed by atoms with Gasteiger partial charge in [0.1, 0.15) is 0 Å². The number of hydrogen-bond donors (Lipinski definition) is 1. The van der Waals surface area contributed by atoms with Crippen LogP contribution in [-0.4, -0.2) is 5.11 Å². The second kappa shape index (κ2) is 8.35. The molecule has 1 aromatic carbocycles. The molecule has 0 radical (unpaired) electrons. The fourth-order valence-electron chi connectivity index (χ4n) is 2.05. The Hall–Kier alpha value is -0.820. The lowest BCUT2D eigenvalue weighted by atomic mass is 10.0. The number of aliphatic hydroxyl groups excluding tert-OH is 1. The first-order chi connectivity index (χ1) is 7.88. The van der Waals surface area contributed by atoms with Gasteiger partial charge in [-0.1, -0.05) is 63.3 Å². The molecule has 0 spiro atoms. The van der Waals surface area contributed by atoms with Crippen molar-refractivity contribution >= 4 is 0 Å². The van der Waals surface area contributed by atoms with Crippen LogP contribution in [0, 0.1) is 0 Å². The lowest BCUT2D eigenvalue weighted by molar-refractivity contribution is 0.280. The number of unbranched alkanes of at least 4 members (excludes halogenated alkanes) is 5. The minimum Gasteiger partial charge on any atom is -0.392 e.